The van der Waals surface area contributed by atoms with Crippen molar-refractivity contribution in [3.63, 3.8) is 0 Å². The number of anilines is 2. The van der Waals surface area contributed by atoms with Crippen LogP contribution in [0.3, 0.4) is 0 Å². The van der Waals surface area contributed by atoms with E-state index >= 15 is 0 Å². The minimum atomic E-state index is -0.279. The lowest BCUT2D eigenvalue weighted by Crippen LogP contribution is -2.19. The lowest BCUT2D eigenvalue weighted by Gasteiger charge is -2.13. The number of hydrogen-bond donors (Lipinski definition) is 2. The Bertz CT molecular complexity index is 804. The van der Waals surface area contributed by atoms with Gasteiger partial charge in [0.2, 0.25) is 5.91 Å². The maximum absolute atomic E-state index is 12.4. The minimum Gasteiger partial charge on any atom is -0.378 e. The van der Waals surface area contributed by atoms with Gasteiger partial charge >= 0.3 is 0 Å². The third-order valence-corrected chi connectivity index (χ3v) is 4.61. The summed E-state index contributed by atoms with van der Waals surface area (Å²) < 4.78 is 11.0. The summed E-state index contributed by atoms with van der Waals surface area (Å²) >= 11 is 5.85. The molecule has 0 aromatic heterocycles. The average molecular weight is 403 g/mol. The molecule has 2 aromatic rings. The summed E-state index contributed by atoms with van der Waals surface area (Å²) in [6.07, 6.45) is 2.44. The van der Waals surface area contributed by atoms with E-state index in [2.05, 4.69) is 10.6 Å². The molecule has 1 aliphatic rings. The molecule has 1 atom stereocenters. The predicted octanol–water partition coefficient (Wildman–Crippen LogP) is 4.12. The molecule has 28 heavy (non-hydrogen) atoms. The maximum Gasteiger partial charge on any atom is 0.255 e. The van der Waals surface area contributed by atoms with Gasteiger partial charge in [-0.1, -0.05) is 23.7 Å². The Labute approximate surface area is 169 Å². The minimum absolute atomic E-state index is 0.145. The van der Waals surface area contributed by atoms with Gasteiger partial charge in [-0.25, -0.2) is 0 Å². The van der Waals surface area contributed by atoms with Crippen molar-refractivity contribution in [3.05, 3.63) is 59.1 Å². The number of carbonyl (C=O) groups excluding carboxylic acids is 2. The van der Waals surface area contributed by atoms with Crippen LogP contribution in [0.4, 0.5) is 11.4 Å². The maximum atomic E-state index is 12.4. The molecule has 148 valence electrons. The molecule has 1 unspecified atom stereocenters. The van der Waals surface area contributed by atoms with Gasteiger partial charge in [0.1, 0.15) is 0 Å². The molecule has 3 rings (SSSR count). The van der Waals surface area contributed by atoms with Crippen LogP contribution in [0.1, 0.15) is 29.6 Å². The summed E-state index contributed by atoms with van der Waals surface area (Å²) in [5.74, 6) is -0.459. The van der Waals surface area contributed by atoms with Gasteiger partial charge in [0.15, 0.2) is 0 Å². The van der Waals surface area contributed by atoms with Crippen LogP contribution in [-0.2, 0) is 14.3 Å². The van der Waals surface area contributed by atoms with Crippen LogP contribution in [0.15, 0.2) is 48.5 Å². The van der Waals surface area contributed by atoms with Gasteiger partial charge in [-0.05, 0) is 49.2 Å². The summed E-state index contributed by atoms with van der Waals surface area (Å²) in [5.41, 5.74) is 1.54. The smallest absolute Gasteiger partial charge is 0.255 e. The summed E-state index contributed by atoms with van der Waals surface area (Å²) in [6.45, 7) is 1.62. The number of ether oxygens (including phenoxy) is 2. The van der Waals surface area contributed by atoms with Gasteiger partial charge < -0.3 is 20.1 Å². The molecule has 1 fully saturated rings. The Kier molecular flexibility index (Phi) is 7.42. The van der Waals surface area contributed by atoms with Crippen molar-refractivity contribution in [2.45, 2.75) is 25.4 Å². The highest BCUT2D eigenvalue weighted by molar-refractivity contribution is 6.30. The molecule has 6 nitrogen and oxygen atoms in total. The average Bonchev–Trinajstić information content (AvgIpc) is 3.21. The highest BCUT2D eigenvalue weighted by Crippen LogP contribution is 2.22. The number of nitrogens with one attached hydrogen (secondary N) is 2. The predicted molar refractivity (Wildman–Crippen MR) is 109 cm³/mol. The van der Waals surface area contributed by atoms with Crippen LogP contribution in [0.25, 0.3) is 0 Å². The molecule has 1 saturated heterocycles. The largest absolute Gasteiger partial charge is 0.378 e. The fraction of sp³-hybridized carbons (Fsp3) is 0.333. The molecule has 7 heteroatoms. The van der Waals surface area contributed by atoms with E-state index in [1.807, 2.05) is 0 Å². The van der Waals surface area contributed by atoms with Crippen LogP contribution >= 0.6 is 11.6 Å². The second-order valence-corrected chi connectivity index (χ2v) is 6.95. The Hall–Kier alpha value is -2.41. The van der Waals surface area contributed by atoms with Crippen LogP contribution < -0.4 is 10.6 Å². The van der Waals surface area contributed by atoms with Crippen LogP contribution in [0.2, 0.25) is 5.02 Å². The summed E-state index contributed by atoms with van der Waals surface area (Å²) in [4.78, 5) is 24.6. The van der Waals surface area contributed by atoms with Gasteiger partial charge in [0.25, 0.3) is 5.91 Å². The van der Waals surface area contributed by atoms with E-state index in [-0.39, 0.29) is 24.3 Å². The first-order valence-corrected chi connectivity index (χ1v) is 9.65. The van der Waals surface area contributed by atoms with Crippen LogP contribution in [0.5, 0.6) is 0 Å². The fourth-order valence-corrected chi connectivity index (χ4v) is 2.99. The molecule has 1 aliphatic heterocycles. The normalized spacial score (nSPS) is 16.0. The quantitative estimate of drug-likeness (QED) is 0.651. The van der Waals surface area contributed by atoms with E-state index < -0.39 is 0 Å². The number of rotatable bonds is 8. The Morgan fingerprint density at radius 2 is 1.79 bits per heavy atom. The second-order valence-electron chi connectivity index (χ2n) is 6.51. The van der Waals surface area contributed by atoms with Gasteiger partial charge in [-0.15, -0.1) is 0 Å². The molecule has 0 aliphatic carbocycles. The number of carbonyl (C=O) groups is 2. The SMILES string of the molecule is O=C(CCOCC1CCCO1)Nc1ccccc1NC(=O)c1ccc(Cl)cc1. The lowest BCUT2D eigenvalue weighted by molar-refractivity contribution is -0.117. The van der Waals surface area contributed by atoms with Crippen molar-refractivity contribution in [1.82, 2.24) is 0 Å². The van der Waals surface area contributed by atoms with Crippen molar-refractivity contribution in [2.24, 2.45) is 0 Å². The van der Waals surface area contributed by atoms with Crippen molar-refractivity contribution < 1.29 is 19.1 Å². The molecule has 0 saturated carbocycles. The molecule has 2 aromatic carbocycles. The van der Waals surface area contributed by atoms with Crippen molar-refractivity contribution in [2.75, 3.05) is 30.5 Å². The van der Waals surface area contributed by atoms with Crippen molar-refractivity contribution >= 4 is 34.8 Å². The van der Waals surface area contributed by atoms with Gasteiger partial charge in [-0.3, -0.25) is 9.59 Å². The Balaban J connectivity index is 1.50. The van der Waals surface area contributed by atoms with E-state index in [1.165, 1.54) is 0 Å². The van der Waals surface area contributed by atoms with Crippen LogP contribution in [0, 0.1) is 0 Å². The molecule has 0 radical (unpaired) electrons. The van der Waals surface area contributed by atoms with E-state index in [9.17, 15) is 9.59 Å². The summed E-state index contributed by atoms with van der Waals surface area (Å²) in [7, 11) is 0. The first kappa shape index (κ1) is 20.3. The van der Waals surface area contributed by atoms with Crippen molar-refractivity contribution in [1.29, 1.82) is 0 Å². The molecule has 2 N–H and O–H groups in total. The number of amides is 2. The zero-order valence-corrected chi connectivity index (χ0v) is 16.2. The molecular formula is C21H23ClN2O4. The highest BCUT2D eigenvalue weighted by Gasteiger charge is 2.16. The topological polar surface area (TPSA) is 76.7 Å². The highest BCUT2D eigenvalue weighted by atomic mass is 35.5. The Morgan fingerprint density at radius 1 is 1.07 bits per heavy atom. The number of para-hydroxylation sites is 2. The molecular weight excluding hydrogens is 380 g/mol. The molecule has 2 amide bonds. The molecule has 0 spiro atoms. The van der Waals surface area contributed by atoms with Gasteiger partial charge in [0, 0.05) is 17.2 Å². The number of benzene rings is 2. The second kappa shape index (κ2) is 10.2. The third kappa shape index (κ3) is 6.05. The third-order valence-electron chi connectivity index (χ3n) is 4.36. The summed E-state index contributed by atoms with van der Waals surface area (Å²) in [5, 5.41) is 6.19. The van der Waals surface area contributed by atoms with E-state index in [0.717, 1.165) is 19.4 Å². The monoisotopic (exact) mass is 402 g/mol. The lowest BCUT2D eigenvalue weighted by atomic mass is 10.2. The van der Waals surface area contributed by atoms with E-state index in [0.29, 0.717) is 35.2 Å². The summed E-state index contributed by atoms with van der Waals surface area (Å²) in [6, 6.07) is 13.6. The number of hydrogen-bond acceptors (Lipinski definition) is 4. The van der Waals surface area contributed by atoms with Crippen LogP contribution in [-0.4, -0.2) is 37.7 Å². The van der Waals surface area contributed by atoms with E-state index in [4.69, 9.17) is 21.1 Å². The van der Waals surface area contributed by atoms with Crippen molar-refractivity contribution in [3.8, 4) is 0 Å². The molecule has 0 bridgehead atoms. The Morgan fingerprint density at radius 3 is 2.46 bits per heavy atom. The fourth-order valence-electron chi connectivity index (χ4n) is 2.86. The van der Waals surface area contributed by atoms with E-state index in [1.54, 1.807) is 48.5 Å². The van der Waals surface area contributed by atoms with Gasteiger partial charge in [-0.2, -0.15) is 0 Å². The zero-order valence-electron chi connectivity index (χ0n) is 15.4. The zero-order chi connectivity index (χ0) is 19.8. The number of halogens is 1. The first-order chi connectivity index (χ1) is 13.6. The standard InChI is InChI=1S/C21H23ClN2O4/c22-16-9-7-15(8-10-16)21(26)24-19-6-2-1-5-18(19)23-20(25)11-13-27-14-17-4-3-12-28-17/h1-2,5-10,17H,3-4,11-14H2,(H,23,25)(H,24,26). The van der Waals surface area contributed by atoms with Gasteiger partial charge in [0.05, 0.1) is 37.1 Å². The molecule has 1 heterocycles. The first-order valence-electron chi connectivity index (χ1n) is 9.27.